The molecule has 1 aromatic heterocycles. The molecule has 0 spiro atoms. The summed E-state index contributed by atoms with van der Waals surface area (Å²) in [6.45, 7) is 0. The van der Waals surface area contributed by atoms with Crippen LogP contribution in [0.25, 0.3) is 0 Å². The van der Waals surface area contributed by atoms with Crippen LogP contribution in [0.15, 0.2) is 36.4 Å². The lowest BCUT2D eigenvalue weighted by molar-refractivity contribution is -0.385. The lowest BCUT2D eigenvalue weighted by Gasteiger charge is -2.10. The fraction of sp³-hybridized carbons (Fsp3) is 0.0833. The second kappa shape index (κ2) is 5.57. The zero-order chi connectivity index (χ0) is 15.6. The van der Waals surface area contributed by atoms with Gasteiger partial charge in [0.1, 0.15) is 5.15 Å². The third kappa shape index (κ3) is 3.60. The van der Waals surface area contributed by atoms with Gasteiger partial charge in [-0.15, -0.1) is 0 Å². The number of nitro benzene ring substituents is 1. The van der Waals surface area contributed by atoms with Crippen molar-refractivity contribution in [1.29, 1.82) is 0 Å². The minimum absolute atomic E-state index is 0.231. The van der Waals surface area contributed by atoms with E-state index in [1.54, 1.807) is 0 Å². The first-order valence-corrected chi connectivity index (χ1v) is 5.81. The number of halogens is 4. The van der Waals surface area contributed by atoms with Crippen molar-refractivity contribution in [2.45, 2.75) is 6.18 Å². The predicted octanol–water partition coefficient (Wildman–Crippen LogP) is 4.45. The van der Waals surface area contributed by atoms with Gasteiger partial charge in [0.15, 0.2) is 0 Å². The lowest BCUT2D eigenvalue weighted by atomic mass is 10.2. The molecule has 0 aliphatic carbocycles. The molecule has 0 radical (unpaired) electrons. The fourth-order valence-corrected chi connectivity index (χ4v) is 1.70. The van der Waals surface area contributed by atoms with Crippen molar-refractivity contribution in [3.63, 3.8) is 0 Å². The van der Waals surface area contributed by atoms with E-state index in [1.165, 1.54) is 18.2 Å². The van der Waals surface area contributed by atoms with Gasteiger partial charge in [-0.1, -0.05) is 23.7 Å². The predicted molar refractivity (Wildman–Crippen MR) is 67.4 cm³/mol. The van der Waals surface area contributed by atoms with Gasteiger partial charge in [-0.2, -0.15) is 13.2 Å². The number of aromatic nitrogens is 1. The summed E-state index contributed by atoms with van der Waals surface area (Å²) in [6, 6.07) is 6.49. The van der Waals surface area contributed by atoms with Crippen LogP contribution < -0.4 is 4.74 Å². The van der Waals surface area contributed by atoms with E-state index >= 15 is 0 Å². The van der Waals surface area contributed by atoms with Gasteiger partial charge in [0, 0.05) is 12.1 Å². The molecule has 0 atom stereocenters. The van der Waals surface area contributed by atoms with Crippen LogP contribution in [0.4, 0.5) is 18.9 Å². The summed E-state index contributed by atoms with van der Waals surface area (Å²) in [7, 11) is 0. The minimum atomic E-state index is -4.63. The van der Waals surface area contributed by atoms with E-state index < -0.39 is 33.4 Å². The van der Waals surface area contributed by atoms with Crippen molar-refractivity contribution < 1.29 is 22.8 Å². The highest BCUT2D eigenvalue weighted by Crippen LogP contribution is 2.35. The molecule has 2 aromatic rings. The van der Waals surface area contributed by atoms with Gasteiger partial charge in [-0.25, -0.2) is 4.98 Å². The van der Waals surface area contributed by atoms with Crippen molar-refractivity contribution in [2.24, 2.45) is 0 Å². The Morgan fingerprint density at radius 2 is 1.90 bits per heavy atom. The molecule has 110 valence electrons. The summed E-state index contributed by atoms with van der Waals surface area (Å²) in [5.41, 5.74) is -1.45. The Morgan fingerprint density at radius 3 is 2.52 bits per heavy atom. The molecule has 1 heterocycles. The molecule has 9 heteroatoms. The summed E-state index contributed by atoms with van der Waals surface area (Å²) >= 11 is 5.50. The maximum Gasteiger partial charge on any atom is 0.416 e. The molecule has 0 unspecified atom stereocenters. The molecule has 0 fully saturated rings. The molecule has 0 aliphatic heterocycles. The molecule has 2 rings (SSSR count). The number of nitro groups is 1. The van der Waals surface area contributed by atoms with Crippen molar-refractivity contribution in [3.8, 4) is 11.6 Å². The zero-order valence-electron chi connectivity index (χ0n) is 10.1. The molecular weight excluding hydrogens is 313 g/mol. The highest BCUT2D eigenvalue weighted by molar-refractivity contribution is 6.29. The largest absolute Gasteiger partial charge is 0.432 e. The third-order valence-corrected chi connectivity index (χ3v) is 2.57. The van der Waals surface area contributed by atoms with Crippen LogP contribution in [0.1, 0.15) is 5.56 Å². The van der Waals surface area contributed by atoms with Gasteiger partial charge in [0.2, 0.25) is 11.6 Å². The second-order valence-corrected chi connectivity index (χ2v) is 4.23. The van der Waals surface area contributed by atoms with Crippen molar-refractivity contribution in [3.05, 3.63) is 57.2 Å². The lowest BCUT2D eigenvalue weighted by Crippen LogP contribution is -2.06. The Balaban J connectivity index is 2.41. The van der Waals surface area contributed by atoms with Crippen LogP contribution in [-0.2, 0) is 6.18 Å². The van der Waals surface area contributed by atoms with Gasteiger partial charge in [-0.05, 0) is 12.1 Å². The van der Waals surface area contributed by atoms with Crippen molar-refractivity contribution in [1.82, 2.24) is 4.98 Å². The normalized spacial score (nSPS) is 11.2. The minimum Gasteiger partial charge on any atom is -0.432 e. The molecule has 0 aliphatic rings. The summed E-state index contributed by atoms with van der Waals surface area (Å²) in [4.78, 5) is 13.7. The van der Waals surface area contributed by atoms with Crippen LogP contribution in [0.5, 0.6) is 11.6 Å². The summed E-state index contributed by atoms with van der Waals surface area (Å²) in [6.07, 6.45) is -4.63. The number of alkyl halides is 3. The highest BCUT2D eigenvalue weighted by atomic mass is 35.5. The van der Waals surface area contributed by atoms with Gasteiger partial charge in [0.05, 0.1) is 10.5 Å². The second-order valence-electron chi connectivity index (χ2n) is 3.84. The topological polar surface area (TPSA) is 65.3 Å². The Kier molecular flexibility index (Phi) is 3.99. The zero-order valence-corrected chi connectivity index (χ0v) is 10.9. The number of ether oxygens (including phenoxy) is 1. The van der Waals surface area contributed by atoms with Crippen LogP contribution >= 0.6 is 11.6 Å². The number of pyridine rings is 1. The molecule has 0 N–H and O–H groups in total. The molecule has 0 saturated carbocycles. The Bertz CT molecular complexity index is 692. The Labute approximate surface area is 121 Å². The number of para-hydroxylation sites is 2. The van der Waals surface area contributed by atoms with Crippen molar-refractivity contribution >= 4 is 17.3 Å². The molecule has 1 aromatic carbocycles. The van der Waals surface area contributed by atoms with E-state index in [1.807, 2.05) is 0 Å². The molecule has 0 bridgehead atoms. The first-order chi connectivity index (χ1) is 9.77. The monoisotopic (exact) mass is 318 g/mol. The van der Waals surface area contributed by atoms with E-state index in [9.17, 15) is 23.3 Å². The maximum absolute atomic E-state index is 12.6. The number of hydrogen-bond donors (Lipinski definition) is 0. The van der Waals surface area contributed by atoms with E-state index in [0.29, 0.717) is 12.1 Å². The number of hydrogen-bond acceptors (Lipinski definition) is 4. The number of rotatable bonds is 3. The first-order valence-electron chi connectivity index (χ1n) is 5.43. The summed E-state index contributed by atoms with van der Waals surface area (Å²) in [5.74, 6) is -0.713. The molecule has 0 amide bonds. The average Bonchev–Trinajstić information content (AvgIpc) is 2.37. The van der Waals surface area contributed by atoms with E-state index in [2.05, 4.69) is 4.98 Å². The van der Waals surface area contributed by atoms with Crippen molar-refractivity contribution in [2.75, 3.05) is 0 Å². The third-order valence-electron chi connectivity index (χ3n) is 2.37. The highest BCUT2D eigenvalue weighted by Gasteiger charge is 2.32. The molecule has 5 nitrogen and oxygen atoms in total. The summed E-state index contributed by atoms with van der Waals surface area (Å²) < 4.78 is 43.0. The van der Waals surface area contributed by atoms with Gasteiger partial charge in [-0.3, -0.25) is 10.1 Å². The number of benzene rings is 1. The standard InChI is InChI=1S/C12H6ClF3N2O3/c13-10-5-7(12(14,15)16)6-11(17-10)21-9-4-2-1-3-8(9)18(19)20/h1-6H. The molecule has 0 saturated heterocycles. The Hall–Kier alpha value is -2.35. The van der Waals surface area contributed by atoms with Crippen LogP contribution in [0.3, 0.4) is 0 Å². The average molecular weight is 319 g/mol. The van der Waals surface area contributed by atoms with E-state index in [4.69, 9.17) is 16.3 Å². The quantitative estimate of drug-likeness (QED) is 0.476. The smallest absolute Gasteiger partial charge is 0.416 e. The fourth-order valence-electron chi connectivity index (χ4n) is 1.50. The van der Waals surface area contributed by atoms with Crippen LogP contribution in [0, 0.1) is 10.1 Å². The van der Waals surface area contributed by atoms with Gasteiger partial charge < -0.3 is 4.74 Å². The summed E-state index contributed by atoms with van der Waals surface area (Å²) in [5, 5.41) is 10.4. The van der Waals surface area contributed by atoms with Crippen LogP contribution in [0.2, 0.25) is 5.15 Å². The maximum atomic E-state index is 12.6. The van der Waals surface area contributed by atoms with Crippen LogP contribution in [-0.4, -0.2) is 9.91 Å². The van der Waals surface area contributed by atoms with E-state index in [-0.39, 0.29) is 5.75 Å². The van der Waals surface area contributed by atoms with Gasteiger partial charge in [0.25, 0.3) is 0 Å². The Morgan fingerprint density at radius 1 is 1.24 bits per heavy atom. The first kappa shape index (κ1) is 15.0. The molecular formula is C12H6ClF3N2O3. The molecule has 21 heavy (non-hydrogen) atoms. The van der Waals surface area contributed by atoms with E-state index in [0.717, 1.165) is 6.07 Å². The SMILES string of the molecule is O=[N+]([O-])c1ccccc1Oc1cc(C(F)(F)F)cc(Cl)n1. The number of nitrogens with zero attached hydrogens (tertiary/aromatic N) is 2. The van der Waals surface area contributed by atoms with Gasteiger partial charge >= 0.3 is 11.9 Å².